The van der Waals surface area contributed by atoms with E-state index < -0.39 is 24.0 Å². The number of carboxylic acid groups (broad SMARTS) is 1. The van der Waals surface area contributed by atoms with Crippen molar-refractivity contribution in [2.24, 2.45) is 11.8 Å². The number of carbonyl (C=O) groups excluding carboxylic acids is 2. The van der Waals surface area contributed by atoms with Crippen LogP contribution in [0.15, 0.2) is 12.2 Å². The summed E-state index contributed by atoms with van der Waals surface area (Å²) in [6.45, 7) is 9.71. The van der Waals surface area contributed by atoms with Crippen molar-refractivity contribution in [2.75, 3.05) is 0 Å². The van der Waals surface area contributed by atoms with Crippen LogP contribution < -0.4 is 10.6 Å². The number of nitrogens with one attached hydrogen (secondary N) is 2. The van der Waals surface area contributed by atoms with E-state index in [9.17, 15) is 19.5 Å². The zero-order chi connectivity index (χ0) is 26.5. The fourth-order valence-electron chi connectivity index (χ4n) is 4.09. The van der Waals surface area contributed by atoms with Crippen LogP contribution in [-0.2, 0) is 14.4 Å². The van der Waals surface area contributed by atoms with Crippen molar-refractivity contribution in [1.29, 1.82) is 0 Å². The molecule has 35 heavy (non-hydrogen) atoms. The normalized spacial score (nSPS) is 13.3. The summed E-state index contributed by atoms with van der Waals surface area (Å²) in [6, 6.07) is -1.66. The van der Waals surface area contributed by atoms with Gasteiger partial charge in [-0.05, 0) is 50.4 Å². The van der Waals surface area contributed by atoms with E-state index in [2.05, 4.69) is 29.7 Å². The molecule has 0 unspecified atom stereocenters. The van der Waals surface area contributed by atoms with Crippen LogP contribution in [0.2, 0.25) is 0 Å². The number of hydrogen-bond acceptors (Lipinski definition) is 3. The van der Waals surface area contributed by atoms with E-state index in [0.717, 1.165) is 25.7 Å². The summed E-state index contributed by atoms with van der Waals surface area (Å²) in [7, 11) is 0. The maximum Gasteiger partial charge on any atom is 0.326 e. The molecule has 0 heterocycles. The molecule has 0 aromatic rings. The van der Waals surface area contributed by atoms with E-state index in [4.69, 9.17) is 0 Å². The molecular weight excluding hydrogens is 440 g/mol. The minimum absolute atomic E-state index is 0.139. The van der Waals surface area contributed by atoms with Crippen molar-refractivity contribution in [3.63, 3.8) is 0 Å². The topological polar surface area (TPSA) is 95.5 Å². The first-order valence-electron chi connectivity index (χ1n) is 14.2. The van der Waals surface area contributed by atoms with E-state index in [0.29, 0.717) is 12.8 Å². The first kappa shape index (κ1) is 33.1. The predicted molar refractivity (Wildman–Crippen MR) is 145 cm³/mol. The molecule has 0 spiro atoms. The van der Waals surface area contributed by atoms with Gasteiger partial charge >= 0.3 is 5.97 Å². The number of amides is 2. The Bertz CT molecular complexity index is 601. The van der Waals surface area contributed by atoms with Crippen molar-refractivity contribution in [3.8, 4) is 0 Å². The van der Waals surface area contributed by atoms with Crippen LogP contribution in [0, 0.1) is 11.8 Å². The van der Waals surface area contributed by atoms with Crippen molar-refractivity contribution >= 4 is 17.8 Å². The van der Waals surface area contributed by atoms with Gasteiger partial charge in [0.05, 0.1) is 0 Å². The Morgan fingerprint density at radius 2 is 1.26 bits per heavy atom. The van der Waals surface area contributed by atoms with Gasteiger partial charge < -0.3 is 15.7 Å². The minimum Gasteiger partial charge on any atom is -0.480 e. The average Bonchev–Trinajstić information content (AvgIpc) is 2.78. The Hall–Kier alpha value is -1.85. The van der Waals surface area contributed by atoms with Gasteiger partial charge in [0.1, 0.15) is 12.1 Å². The largest absolute Gasteiger partial charge is 0.480 e. The third-order valence-electron chi connectivity index (χ3n) is 6.25. The fraction of sp³-hybridized carbons (Fsp3) is 0.828. The molecule has 0 aromatic carbocycles. The molecule has 0 aliphatic heterocycles. The van der Waals surface area contributed by atoms with Crippen molar-refractivity contribution in [2.45, 2.75) is 143 Å². The lowest BCUT2D eigenvalue weighted by Gasteiger charge is -2.24. The second-order valence-electron chi connectivity index (χ2n) is 10.7. The summed E-state index contributed by atoms with van der Waals surface area (Å²) in [6.07, 6.45) is 21.2. The average molecular weight is 495 g/mol. The smallest absolute Gasteiger partial charge is 0.326 e. The molecule has 3 N–H and O–H groups in total. The van der Waals surface area contributed by atoms with Crippen LogP contribution in [0.5, 0.6) is 0 Å². The number of unbranched alkanes of at least 4 members (excludes halogenated alkanes) is 11. The van der Waals surface area contributed by atoms with Gasteiger partial charge in [-0.3, -0.25) is 9.59 Å². The highest BCUT2D eigenvalue weighted by Crippen LogP contribution is 2.11. The van der Waals surface area contributed by atoms with Gasteiger partial charge in [0.25, 0.3) is 0 Å². The van der Waals surface area contributed by atoms with Gasteiger partial charge in [-0.15, -0.1) is 0 Å². The molecule has 0 aliphatic rings. The third kappa shape index (κ3) is 19.1. The maximum atomic E-state index is 12.7. The second kappa shape index (κ2) is 21.4. The van der Waals surface area contributed by atoms with Crippen LogP contribution in [-0.4, -0.2) is 35.0 Å². The molecule has 204 valence electrons. The van der Waals surface area contributed by atoms with Gasteiger partial charge in [0.2, 0.25) is 11.8 Å². The number of allylic oxidation sites excluding steroid dienone is 2. The summed E-state index contributed by atoms with van der Waals surface area (Å²) in [5, 5.41) is 14.8. The Balaban J connectivity index is 4.05. The number of carbonyl (C=O) groups is 3. The van der Waals surface area contributed by atoms with E-state index in [1.54, 1.807) is 13.8 Å². The molecule has 6 heteroatoms. The Morgan fingerprint density at radius 1 is 0.743 bits per heavy atom. The van der Waals surface area contributed by atoms with Crippen molar-refractivity contribution < 1.29 is 19.5 Å². The molecule has 0 saturated carbocycles. The predicted octanol–water partition coefficient (Wildman–Crippen LogP) is 6.78. The standard InChI is InChI=1S/C29H54N2O4/c1-6-7-8-9-10-11-12-13-14-15-16-17-18-19-20-21-26(32)30-25(22-23(2)3)28(33)31-27(24(4)5)29(34)35/h13-14,23-25,27H,6-12,15-22H2,1-5H3,(H,30,32)(H,31,33)(H,34,35)/b14-13-/t25-,27-/m0/s1. The second-order valence-corrected chi connectivity index (χ2v) is 10.7. The summed E-state index contributed by atoms with van der Waals surface area (Å²) < 4.78 is 0. The fourth-order valence-corrected chi connectivity index (χ4v) is 4.09. The molecule has 2 atom stereocenters. The van der Waals surface area contributed by atoms with Crippen molar-refractivity contribution in [3.05, 3.63) is 12.2 Å². The minimum atomic E-state index is -1.06. The van der Waals surface area contributed by atoms with Gasteiger partial charge in [0, 0.05) is 6.42 Å². The summed E-state index contributed by atoms with van der Waals surface area (Å²) >= 11 is 0. The summed E-state index contributed by atoms with van der Waals surface area (Å²) in [5.41, 5.74) is 0. The monoisotopic (exact) mass is 494 g/mol. The van der Waals surface area contributed by atoms with E-state index in [1.807, 2.05) is 13.8 Å². The Kier molecular flexibility index (Phi) is 20.3. The molecule has 0 fully saturated rings. The lowest BCUT2D eigenvalue weighted by atomic mass is 10.00. The number of rotatable bonds is 22. The molecule has 0 rings (SSSR count). The lowest BCUT2D eigenvalue weighted by Crippen LogP contribution is -2.53. The molecule has 6 nitrogen and oxygen atoms in total. The highest BCUT2D eigenvalue weighted by atomic mass is 16.4. The van der Waals surface area contributed by atoms with Crippen LogP contribution in [0.4, 0.5) is 0 Å². The molecule has 0 saturated heterocycles. The van der Waals surface area contributed by atoms with Crippen molar-refractivity contribution in [1.82, 2.24) is 10.6 Å². The highest BCUT2D eigenvalue weighted by molar-refractivity contribution is 5.90. The quantitative estimate of drug-likeness (QED) is 0.114. The Labute approximate surface area is 215 Å². The van der Waals surface area contributed by atoms with E-state index in [1.165, 1.54) is 57.8 Å². The van der Waals surface area contributed by atoms with Crippen LogP contribution >= 0.6 is 0 Å². The van der Waals surface area contributed by atoms with E-state index in [-0.39, 0.29) is 17.7 Å². The zero-order valence-electron chi connectivity index (χ0n) is 23.2. The molecule has 2 amide bonds. The molecule has 0 radical (unpaired) electrons. The molecule has 0 bridgehead atoms. The molecular formula is C29H54N2O4. The summed E-state index contributed by atoms with van der Waals surface area (Å²) in [4.78, 5) is 36.5. The SMILES string of the molecule is CCCCCCCC/C=C\CCCCCCCC(=O)N[C@@H](CC(C)C)C(=O)N[C@H](C(=O)O)C(C)C. The van der Waals surface area contributed by atoms with Crippen LogP contribution in [0.3, 0.4) is 0 Å². The Morgan fingerprint density at radius 3 is 1.74 bits per heavy atom. The van der Waals surface area contributed by atoms with Gasteiger partial charge in [-0.1, -0.05) is 98.1 Å². The number of aliphatic carboxylic acids is 1. The third-order valence-corrected chi connectivity index (χ3v) is 6.25. The number of hydrogen-bond donors (Lipinski definition) is 3. The zero-order valence-corrected chi connectivity index (χ0v) is 23.2. The summed E-state index contributed by atoms with van der Waals surface area (Å²) in [5.74, 6) is -1.65. The van der Waals surface area contributed by atoms with Crippen LogP contribution in [0.1, 0.15) is 131 Å². The highest BCUT2D eigenvalue weighted by Gasteiger charge is 2.28. The van der Waals surface area contributed by atoms with Crippen LogP contribution in [0.25, 0.3) is 0 Å². The van der Waals surface area contributed by atoms with E-state index >= 15 is 0 Å². The van der Waals surface area contributed by atoms with Gasteiger partial charge in [0.15, 0.2) is 0 Å². The molecule has 0 aromatic heterocycles. The van der Waals surface area contributed by atoms with Gasteiger partial charge in [-0.2, -0.15) is 0 Å². The number of carboxylic acids is 1. The first-order chi connectivity index (χ1) is 16.7. The molecule has 0 aliphatic carbocycles. The first-order valence-corrected chi connectivity index (χ1v) is 14.2. The van der Waals surface area contributed by atoms with Gasteiger partial charge in [-0.25, -0.2) is 4.79 Å². The lowest BCUT2D eigenvalue weighted by molar-refractivity contribution is -0.143. The maximum absolute atomic E-state index is 12.7.